The summed E-state index contributed by atoms with van der Waals surface area (Å²) < 4.78 is 50.0. The Morgan fingerprint density at radius 2 is 2.07 bits per heavy atom. The normalized spacial score (nSPS) is 26.1. The average molecular weight is 619 g/mol. The van der Waals surface area contributed by atoms with Crippen LogP contribution in [0, 0.1) is 33.9 Å². The van der Waals surface area contributed by atoms with Gasteiger partial charge in [0, 0.05) is 43.7 Å². The van der Waals surface area contributed by atoms with E-state index in [1.807, 2.05) is 6.92 Å². The molecule has 3 fully saturated rings. The van der Waals surface area contributed by atoms with Gasteiger partial charge in [-0.1, -0.05) is 29.7 Å². The number of halogens is 4. The van der Waals surface area contributed by atoms with Gasteiger partial charge in [0.1, 0.15) is 18.0 Å². The zero-order chi connectivity index (χ0) is 30.7. The molecular weight excluding hydrogens is 585 g/mol. The van der Waals surface area contributed by atoms with Crippen LogP contribution in [0.15, 0.2) is 6.07 Å². The summed E-state index contributed by atoms with van der Waals surface area (Å²) in [6.07, 6.45) is 2.61. The van der Waals surface area contributed by atoms with Crippen molar-refractivity contribution in [3.8, 4) is 11.8 Å². The number of carbonyl (C=O) groups is 2. The molecule has 2 aromatic rings. The molecule has 0 unspecified atom stereocenters. The fourth-order valence-electron chi connectivity index (χ4n) is 7.26. The first kappa shape index (κ1) is 29.7. The molecule has 43 heavy (non-hydrogen) atoms. The van der Waals surface area contributed by atoms with Gasteiger partial charge in [-0.25, -0.2) is 17.9 Å². The standard InChI is InChI=1S/C30H34ClF3N6O3/c1-29(15-35)7-4-3-5-18(29)28(42)40-10-6-17-19(31)11-20(32)26(43-14-21-25(27(33)34)38(2)37-36-21)24(17)22(40)13-39-16-30(8-9-30)12-23(39)41/h11,18,22,27H,3-10,12-14,16H2,1-2H3/t18-,22+,29+/m0/s1. The summed E-state index contributed by atoms with van der Waals surface area (Å²) in [7, 11) is 1.34. The van der Waals surface area contributed by atoms with Gasteiger partial charge in [0.25, 0.3) is 6.43 Å². The van der Waals surface area contributed by atoms with Gasteiger partial charge in [0.05, 0.1) is 23.4 Å². The summed E-state index contributed by atoms with van der Waals surface area (Å²) in [5.74, 6) is -1.82. The molecule has 1 aromatic heterocycles. The van der Waals surface area contributed by atoms with Crippen LogP contribution in [-0.4, -0.2) is 56.2 Å². The third kappa shape index (κ3) is 5.23. The Hall–Kier alpha value is -3.33. The van der Waals surface area contributed by atoms with Crippen LogP contribution >= 0.6 is 11.6 Å². The number of aromatic nitrogens is 3. The molecule has 6 rings (SSSR count). The molecule has 4 aliphatic rings. The van der Waals surface area contributed by atoms with Crippen LogP contribution in [0.3, 0.4) is 0 Å². The number of alkyl halides is 2. The summed E-state index contributed by atoms with van der Waals surface area (Å²) in [6.45, 7) is 2.26. The highest BCUT2D eigenvalue weighted by Gasteiger charge is 2.53. The lowest BCUT2D eigenvalue weighted by molar-refractivity contribution is -0.145. The van der Waals surface area contributed by atoms with E-state index in [9.17, 15) is 23.6 Å². The molecule has 0 N–H and O–H groups in total. The van der Waals surface area contributed by atoms with Crippen molar-refractivity contribution in [3.05, 3.63) is 39.4 Å². The topological polar surface area (TPSA) is 104 Å². The van der Waals surface area contributed by atoms with E-state index < -0.39 is 41.9 Å². The Kier molecular flexibility index (Phi) is 7.60. The molecular formula is C30H34ClF3N6O3. The zero-order valence-corrected chi connectivity index (χ0v) is 25.0. The number of aryl methyl sites for hydroxylation is 1. The number of fused-ring (bicyclic) bond motifs is 1. The number of hydrogen-bond acceptors (Lipinski definition) is 6. The zero-order valence-electron chi connectivity index (χ0n) is 24.2. The summed E-state index contributed by atoms with van der Waals surface area (Å²) in [4.78, 5) is 30.9. The van der Waals surface area contributed by atoms with Gasteiger partial charge < -0.3 is 14.5 Å². The van der Waals surface area contributed by atoms with Gasteiger partial charge in [0.15, 0.2) is 11.6 Å². The van der Waals surface area contributed by atoms with Crippen LogP contribution in [0.4, 0.5) is 13.2 Å². The summed E-state index contributed by atoms with van der Waals surface area (Å²) in [6, 6.07) is 2.70. The minimum Gasteiger partial charge on any atom is -0.484 e. The molecule has 2 saturated carbocycles. The second-order valence-corrected chi connectivity index (χ2v) is 13.2. The predicted molar refractivity (Wildman–Crippen MR) is 148 cm³/mol. The minimum atomic E-state index is -2.87. The van der Waals surface area contributed by atoms with Crippen LogP contribution < -0.4 is 4.74 Å². The largest absolute Gasteiger partial charge is 0.484 e. The number of likely N-dealkylation sites (tertiary alicyclic amines) is 1. The molecule has 2 aliphatic heterocycles. The molecule has 1 aromatic carbocycles. The number of nitrogens with zero attached hydrogens (tertiary/aromatic N) is 6. The van der Waals surface area contributed by atoms with Crippen molar-refractivity contribution in [2.24, 2.45) is 23.8 Å². The van der Waals surface area contributed by atoms with Gasteiger partial charge in [0.2, 0.25) is 11.8 Å². The molecule has 1 saturated heterocycles. The van der Waals surface area contributed by atoms with Crippen molar-refractivity contribution < 1.29 is 27.5 Å². The second-order valence-electron chi connectivity index (χ2n) is 12.8. The molecule has 9 nitrogen and oxygen atoms in total. The SMILES string of the molecule is Cn1nnc(COc2c(F)cc(Cl)c3c2[C@@H](CN2CC4(CC4)CC2=O)N(C(=O)[C@@H]2CCCC[C@]2(C)C#N)CC3)c1C(F)F. The lowest BCUT2D eigenvalue weighted by Gasteiger charge is -2.44. The Bertz CT molecular complexity index is 1500. The Morgan fingerprint density at radius 3 is 2.74 bits per heavy atom. The van der Waals surface area contributed by atoms with E-state index >= 15 is 4.39 Å². The number of nitriles is 1. The van der Waals surface area contributed by atoms with Crippen molar-refractivity contribution in [1.82, 2.24) is 24.8 Å². The van der Waals surface area contributed by atoms with E-state index in [1.165, 1.54) is 7.05 Å². The first-order valence-electron chi connectivity index (χ1n) is 14.8. The van der Waals surface area contributed by atoms with Crippen LogP contribution in [0.2, 0.25) is 5.02 Å². The molecule has 2 amide bonds. The van der Waals surface area contributed by atoms with Crippen molar-refractivity contribution >= 4 is 23.4 Å². The monoisotopic (exact) mass is 618 g/mol. The van der Waals surface area contributed by atoms with Gasteiger partial charge in [-0.15, -0.1) is 5.10 Å². The highest BCUT2D eigenvalue weighted by molar-refractivity contribution is 6.31. The van der Waals surface area contributed by atoms with Gasteiger partial charge >= 0.3 is 0 Å². The maximum atomic E-state index is 15.7. The number of ether oxygens (including phenoxy) is 1. The molecule has 0 radical (unpaired) electrons. The number of amides is 2. The molecule has 0 bridgehead atoms. The van der Waals surface area contributed by atoms with Crippen molar-refractivity contribution in [2.45, 2.75) is 77.4 Å². The van der Waals surface area contributed by atoms with E-state index in [0.717, 1.165) is 36.4 Å². The second kappa shape index (κ2) is 11.0. The fourth-order valence-corrected chi connectivity index (χ4v) is 7.55. The van der Waals surface area contributed by atoms with E-state index in [1.54, 1.807) is 9.80 Å². The molecule has 3 heterocycles. The number of carbonyl (C=O) groups excluding carboxylic acids is 2. The Labute approximate surface area is 252 Å². The van der Waals surface area contributed by atoms with E-state index in [4.69, 9.17) is 16.3 Å². The quantitative estimate of drug-likeness (QED) is 0.418. The van der Waals surface area contributed by atoms with Gasteiger partial charge in [-0.3, -0.25) is 9.59 Å². The Balaban J connectivity index is 1.41. The summed E-state index contributed by atoms with van der Waals surface area (Å²) in [5.41, 5.74) is -0.563. The first-order valence-corrected chi connectivity index (χ1v) is 15.1. The smallest absolute Gasteiger partial charge is 0.282 e. The fraction of sp³-hybridized carbons (Fsp3) is 0.633. The number of hydrogen-bond donors (Lipinski definition) is 0. The van der Waals surface area contributed by atoms with Crippen LogP contribution in [0.1, 0.15) is 86.9 Å². The third-order valence-corrected chi connectivity index (χ3v) is 10.3. The molecule has 2 aliphatic carbocycles. The first-order chi connectivity index (χ1) is 20.5. The predicted octanol–water partition coefficient (Wildman–Crippen LogP) is 5.28. The summed E-state index contributed by atoms with van der Waals surface area (Å²) in [5, 5.41) is 17.7. The van der Waals surface area contributed by atoms with Crippen molar-refractivity contribution in [2.75, 3.05) is 19.6 Å². The maximum absolute atomic E-state index is 15.7. The van der Waals surface area contributed by atoms with Crippen LogP contribution in [-0.2, 0) is 29.7 Å². The number of rotatable bonds is 7. The van der Waals surface area contributed by atoms with Crippen molar-refractivity contribution in [3.63, 3.8) is 0 Å². The highest BCUT2D eigenvalue weighted by Crippen LogP contribution is 2.54. The van der Waals surface area contributed by atoms with Gasteiger partial charge in [-0.2, -0.15) is 5.26 Å². The molecule has 1 spiro atoms. The maximum Gasteiger partial charge on any atom is 0.282 e. The third-order valence-electron chi connectivity index (χ3n) is 9.94. The lowest BCUT2D eigenvalue weighted by atomic mass is 9.67. The summed E-state index contributed by atoms with van der Waals surface area (Å²) >= 11 is 6.57. The van der Waals surface area contributed by atoms with Crippen LogP contribution in [0.25, 0.3) is 0 Å². The lowest BCUT2D eigenvalue weighted by Crippen LogP contribution is -2.51. The highest BCUT2D eigenvalue weighted by atomic mass is 35.5. The molecule has 230 valence electrons. The molecule has 3 atom stereocenters. The van der Waals surface area contributed by atoms with Crippen LogP contribution in [0.5, 0.6) is 5.75 Å². The van der Waals surface area contributed by atoms with Crippen molar-refractivity contribution in [1.29, 1.82) is 5.26 Å². The van der Waals surface area contributed by atoms with E-state index in [0.29, 0.717) is 43.4 Å². The van der Waals surface area contributed by atoms with E-state index in [-0.39, 0.29) is 46.8 Å². The van der Waals surface area contributed by atoms with E-state index in [2.05, 4.69) is 16.4 Å². The average Bonchev–Trinajstić information content (AvgIpc) is 3.50. The molecule has 13 heteroatoms. The minimum absolute atomic E-state index is 0.0253. The van der Waals surface area contributed by atoms with Gasteiger partial charge in [-0.05, 0) is 56.1 Å². The Morgan fingerprint density at radius 1 is 1.30 bits per heavy atom. The number of benzene rings is 1.